The molecule has 5 nitrogen and oxygen atoms in total. The second-order valence-electron chi connectivity index (χ2n) is 4.36. The van der Waals surface area contributed by atoms with Crippen molar-refractivity contribution in [3.63, 3.8) is 0 Å². The molecule has 1 saturated heterocycles. The lowest BCUT2D eigenvalue weighted by atomic mass is 10.4. The highest BCUT2D eigenvalue weighted by atomic mass is 32.2. The first-order chi connectivity index (χ1) is 8.64. The Hall–Kier alpha value is 0.180. The second kappa shape index (κ2) is 9.14. The van der Waals surface area contributed by atoms with Gasteiger partial charge in [-0.2, -0.15) is 11.8 Å². The van der Waals surface area contributed by atoms with E-state index in [4.69, 9.17) is 0 Å². The molecule has 1 rings (SSSR count). The molecule has 0 atom stereocenters. The maximum atomic E-state index is 11.7. The van der Waals surface area contributed by atoms with Crippen LogP contribution < -0.4 is 10.0 Å². The van der Waals surface area contributed by atoms with Crippen LogP contribution in [0.1, 0.15) is 13.3 Å². The minimum atomic E-state index is -3.09. The molecule has 108 valence electrons. The van der Waals surface area contributed by atoms with Gasteiger partial charge >= 0.3 is 0 Å². The van der Waals surface area contributed by atoms with E-state index in [1.165, 1.54) is 0 Å². The van der Waals surface area contributed by atoms with E-state index in [-0.39, 0.29) is 5.75 Å². The average Bonchev–Trinajstić information content (AvgIpc) is 2.38. The molecule has 0 spiro atoms. The van der Waals surface area contributed by atoms with Crippen LogP contribution in [0.15, 0.2) is 0 Å². The number of hydrogen-bond acceptors (Lipinski definition) is 5. The van der Waals surface area contributed by atoms with E-state index >= 15 is 0 Å². The summed E-state index contributed by atoms with van der Waals surface area (Å²) in [4.78, 5) is 2.20. The van der Waals surface area contributed by atoms with Crippen LogP contribution in [0.25, 0.3) is 0 Å². The maximum absolute atomic E-state index is 11.7. The van der Waals surface area contributed by atoms with Crippen molar-refractivity contribution in [2.24, 2.45) is 0 Å². The van der Waals surface area contributed by atoms with E-state index in [0.29, 0.717) is 13.1 Å². The Kier molecular flexibility index (Phi) is 8.25. The zero-order chi connectivity index (χ0) is 13.3. The highest BCUT2D eigenvalue weighted by Crippen LogP contribution is 2.00. The van der Waals surface area contributed by atoms with Crippen LogP contribution in [0, 0.1) is 0 Å². The largest absolute Gasteiger partial charge is 0.314 e. The van der Waals surface area contributed by atoms with E-state index in [2.05, 4.69) is 21.9 Å². The minimum absolute atomic E-state index is 0.216. The second-order valence-corrected chi connectivity index (χ2v) is 7.68. The lowest BCUT2D eigenvalue weighted by Gasteiger charge is -2.26. The Balaban J connectivity index is 2.10. The van der Waals surface area contributed by atoms with Crippen LogP contribution in [0.2, 0.25) is 0 Å². The van der Waals surface area contributed by atoms with Crippen molar-refractivity contribution in [3.8, 4) is 0 Å². The van der Waals surface area contributed by atoms with Crippen molar-refractivity contribution >= 4 is 21.8 Å². The summed E-state index contributed by atoms with van der Waals surface area (Å²) in [5.74, 6) is 2.33. The van der Waals surface area contributed by atoms with Gasteiger partial charge in [0.2, 0.25) is 10.0 Å². The molecular formula is C11H25N3O2S2. The van der Waals surface area contributed by atoms with E-state index in [9.17, 15) is 8.42 Å². The number of thioether (sulfide) groups is 1. The van der Waals surface area contributed by atoms with E-state index in [0.717, 1.165) is 44.1 Å². The zero-order valence-electron chi connectivity index (χ0n) is 11.2. The first kappa shape index (κ1) is 16.2. The zero-order valence-corrected chi connectivity index (χ0v) is 12.8. The fraction of sp³-hybridized carbons (Fsp3) is 1.00. The normalized spacial score (nSPS) is 18.1. The molecule has 0 radical (unpaired) electrons. The summed E-state index contributed by atoms with van der Waals surface area (Å²) in [5.41, 5.74) is 0. The lowest BCUT2D eigenvalue weighted by molar-refractivity contribution is 0.253. The molecule has 18 heavy (non-hydrogen) atoms. The van der Waals surface area contributed by atoms with Gasteiger partial charge in [0.05, 0.1) is 5.75 Å². The highest BCUT2D eigenvalue weighted by Gasteiger charge is 2.14. The molecule has 1 fully saturated rings. The molecule has 1 heterocycles. The van der Waals surface area contributed by atoms with Gasteiger partial charge in [-0.25, -0.2) is 13.1 Å². The highest BCUT2D eigenvalue weighted by molar-refractivity contribution is 7.99. The Morgan fingerprint density at radius 3 is 2.72 bits per heavy atom. The summed E-state index contributed by atoms with van der Waals surface area (Å²) in [7, 11) is -3.09. The molecule has 2 N–H and O–H groups in total. The van der Waals surface area contributed by atoms with Gasteiger partial charge in [-0.1, -0.05) is 6.92 Å². The Bertz CT molecular complexity index is 303. The van der Waals surface area contributed by atoms with Gasteiger partial charge in [0.25, 0.3) is 0 Å². The van der Waals surface area contributed by atoms with Crippen molar-refractivity contribution < 1.29 is 8.42 Å². The van der Waals surface area contributed by atoms with Gasteiger partial charge in [-0.05, 0) is 17.9 Å². The van der Waals surface area contributed by atoms with Crippen LogP contribution >= 0.6 is 11.8 Å². The fourth-order valence-corrected chi connectivity index (χ4v) is 3.54. The molecule has 0 amide bonds. The minimum Gasteiger partial charge on any atom is -0.314 e. The van der Waals surface area contributed by atoms with Crippen LogP contribution in [-0.2, 0) is 10.0 Å². The van der Waals surface area contributed by atoms with Crippen LogP contribution in [0.5, 0.6) is 0 Å². The third kappa shape index (κ3) is 7.58. The molecule has 1 aliphatic rings. The number of hydrogen-bond donors (Lipinski definition) is 2. The predicted molar refractivity (Wildman–Crippen MR) is 78.7 cm³/mol. The van der Waals surface area contributed by atoms with Crippen molar-refractivity contribution in [1.82, 2.24) is 14.9 Å². The number of sulfonamides is 1. The molecule has 0 aromatic carbocycles. The van der Waals surface area contributed by atoms with Crippen molar-refractivity contribution in [3.05, 3.63) is 0 Å². The molecule has 0 unspecified atom stereocenters. The van der Waals surface area contributed by atoms with Crippen LogP contribution in [0.4, 0.5) is 0 Å². The van der Waals surface area contributed by atoms with Crippen molar-refractivity contribution in [1.29, 1.82) is 0 Å². The first-order valence-electron chi connectivity index (χ1n) is 6.62. The lowest BCUT2D eigenvalue weighted by Crippen LogP contribution is -2.46. The molecule has 0 saturated carbocycles. The van der Waals surface area contributed by atoms with E-state index in [1.54, 1.807) is 0 Å². The van der Waals surface area contributed by atoms with Crippen LogP contribution in [-0.4, -0.2) is 69.8 Å². The average molecular weight is 295 g/mol. The van der Waals surface area contributed by atoms with E-state index < -0.39 is 10.0 Å². The van der Waals surface area contributed by atoms with Gasteiger partial charge in [0, 0.05) is 39.3 Å². The summed E-state index contributed by atoms with van der Waals surface area (Å²) < 4.78 is 26.2. The summed E-state index contributed by atoms with van der Waals surface area (Å²) in [6, 6.07) is 0. The standard InChI is InChI=1S/C11H25N3O2S2/c1-2-17-10-3-4-13-18(15,16)11-9-14-7-5-12-6-8-14/h12-13H,2-11H2,1H3. The number of rotatable bonds is 9. The monoisotopic (exact) mass is 295 g/mol. The SMILES string of the molecule is CCSCCCNS(=O)(=O)CCN1CCNCC1. The topological polar surface area (TPSA) is 61.4 Å². The fourth-order valence-electron chi connectivity index (χ4n) is 1.80. The Labute approximate surface area is 115 Å². The van der Waals surface area contributed by atoms with Crippen molar-refractivity contribution in [2.45, 2.75) is 13.3 Å². The Morgan fingerprint density at radius 2 is 2.06 bits per heavy atom. The molecule has 1 aliphatic heterocycles. The van der Waals surface area contributed by atoms with Crippen molar-refractivity contribution in [2.75, 3.05) is 56.5 Å². The van der Waals surface area contributed by atoms with Gasteiger partial charge < -0.3 is 5.32 Å². The molecule has 7 heteroatoms. The molecular weight excluding hydrogens is 270 g/mol. The number of nitrogens with one attached hydrogen (secondary N) is 2. The summed E-state index contributed by atoms with van der Waals surface area (Å²) in [6.45, 7) is 7.13. The molecule has 0 aliphatic carbocycles. The smallest absolute Gasteiger partial charge is 0.212 e. The molecule has 0 aromatic heterocycles. The number of nitrogens with zero attached hydrogens (tertiary/aromatic N) is 1. The Morgan fingerprint density at radius 1 is 1.33 bits per heavy atom. The summed E-state index contributed by atoms with van der Waals surface area (Å²) in [5, 5.41) is 3.26. The van der Waals surface area contributed by atoms with Gasteiger partial charge in [-0.3, -0.25) is 4.90 Å². The van der Waals surface area contributed by atoms with Gasteiger partial charge in [0.15, 0.2) is 0 Å². The van der Waals surface area contributed by atoms with Gasteiger partial charge in [-0.15, -0.1) is 0 Å². The molecule has 0 bridgehead atoms. The quantitative estimate of drug-likeness (QED) is 0.584. The summed E-state index contributed by atoms with van der Waals surface area (Å²) in [6.07, 6.45) is 0.908. The third-order valence-corrected chi connectivity index (χ3v) is 5.23. The number of piperazine rings is 1. The summed E-state index contributed by atoms with van der Waals surface area (Å²) >= 11 is 1.84. The van der Waals surface area contributed by atoms with Gasteiger partial charge in [0.1, 0.15) is 0 Å². The first-order valence-corrected chi connectivity index (χ1v) is 9.43. The maximum Gasteiger partial charge on any atom is 0.212 e. The van der Waals surface area contributed by atoms with E-state index in [1.807, 2.05) is 11.8 Å². The third-order valence-electron chi connectivity index (χ3n) is 2.88. The molecule has 0 aromatic rings. The van der Waals surface area contributed by atoms with Crippen LogP contribution in [0.3, 0.4) is 0 Å². The predicted octanol–water partition coefficient (Wildman–Crippen LogP) is -0.0458.